The van der Waals surface area contributed by atoms with Gasteiger partial charge in [0.25, 0.3) is 0 Å². The maximum absolute atomic E-state index is 5.13. The number of nitrogens with zero attached hydrogens (tertiary/aromatic N) is 2. The van der Waals surface area contributed by atoms with Crippen LogP contribution in [0.3, 0.4) is 0 Å². The highest BCUT2D eigenvalue weighted by atomic mass is 16.5. The van der Waals surface area contributed by atoms with Crippen LogP contribution in [0, 0.1) is 0 Å². The normalized spacial score (nSPS) is 10.5. The van der Waals surface area contributed by atoms with Gasteiger partial charge in [0.15, 0.2) is 0 Å². The molecule has 4 heteroatoms. The van der Waals surface area contributed by atoms with E-state index in [0.717, 1.165) is 11.4 Å². The van der Waals surface area contributed by atoms with E-state index in [4.69, 9.17) is 4.74 Å². The van der Waals surface area contributed by atoms with E-state index in [1.807, 2.05) is 30.3 Å². The average Bonchev–Trinajstić information content (AvgIpc) is 2.46. The van der Waals surface area contributed by atoms with Gasteiger partial charge in [-0.15, -0.1) is 0 Å². The van der Waals surface area contributed by atoms with Crippen LogP contribution in [0.1, 0.15) is 31.0 Å². The third-order valence-corrected chi connectivity index (χ3v) is 2.88. The monoisotopic (exact) mass is 257 g/mol. The molecule has 0 fully saturated rings. The average molecular weight is 257 g/mol. The van der Waals surface area contributed by atoms with Crippen LogP contribution in [-0.2, 0) is 6.54 Å². The van der Waals surface area contributed by atoms with Crippen molar-refractivity contribution in [2.45, 2.75) is 26.3 Å². The van der Waals surface area contributed by atoms with E-state index in [9.17, 15) is 0 Å². The van der Waals surface area contributed by atoms with Crippen LogP contribution in [0.25, 0.3) is 0 Å². The molecule has 2 rings (SSSR count). The molecule has 2 aromatic rings. The molecule has 100 valence electrons. The van der Waals surface area contributed by atoms with Gasteiger partial charge in [0, 0.05) is 18.4 Å². The molecular weight excluding hydrogens is 238 g/mol. The van der Waals surface area contributed by atoms with Crippen molar-refractivity contribution in [3.8, 4) is 5.75 Å². The summed E-state index contributed by atoms with van der Waals surface area (Å²) in [6.07, 6.45) is 1.79. The van der Waals surface area contributed by atoms with Crippen LogP contribution < -0.4 is 10.1 Å². The first-order valence-corrected chi connectivity index (χ1v) is 6.39. The maximum Gasteiger partial charge on any atom is 0.223 e. The molecule has 0 aliphatic rings. The number of nitrogens with one attached hydrogen (secondary N) is 1. The lowest BCUT2D eigenvalue weighted by Gasteiger charge is -2.08. The Labute approximate surface area is 113 Å². The van der Waals surface area contributed by atoms with E-state index in [-0.39, 0.29) is 0 Å². The Kier molecular flexibility index (Phi) is 4.34. The molecule has 0 unspecified atom stereocenters. The lowest BCUT2D eigenvalue weighted by Crippen LogP contribution is -2.05. The third-order valence-electron chi connectivity index (χ3n) is 2.88. The second-order valence-corrected chi connectivity index (χ2v) is 4.66. The molecule has 1 N–H and O–H groups in total. The van der Waals surface area contributed by atoms with Gasteiger partial charge in [0.2, 0.25) is 5.95 Å². The minimum atomic E-state index is 0.407. The summed E-state index contributed by atoms with van der Waals surface area (Å²) in [4.78, 5) is 8.70. The van der Waals surface area contributed by atoms with Gasteiger partial charge in [0.1, 0.15) is 5.75 Å². The summed E-state index contributed by atoms with van der Waals surface area (Å²) in [6.45, 7) is 4.94. The van der Waals surface area contributed by atoms with Crippen LogP contribution in [0.5, 0.6) is 5.75 Å². The number of hydrogen-bond acceptors (Lipinski definition) is 4. The fourth-order valence-electron chi connectivity index (χ4n) is 1.70. The van der Waals surface area contributed by atoms with Crippen LogP contribution in [-0.4, -0.2) is 17.1 Å². The Bertz CT molecular complexity index is 523. The van der Waals surface area contributed by atoms with E-state index in [1.165, 1.54) is 5.56 Å². The predicted octanol–water partition coefficient (Wildman–Crippen LogP) is 3.22. The fraction of sp³-hybridized carbons (Fsp3) is 0.333. The van der Waals surface area contributed by atoms with E-state index < -0.39 is 0 Å². The summed E-state index contributed by atoms with van der Waals surface area (Å²) in [5, 5.41) is 3.23. The molecule has 0 amide bonds. The van der Waals surface area contributed by atoms with E-state index in [0.29, 0.717) is 18.4 Å². The van der Waals surface area contributed by atoms with E-state index in [1.54, 1.807) is 13.3 Å². The van der Waals surface area contributed by atoms with Gasteiger partial charge in [-0.1, -0.05) is 26.0 Å². The number of aromatic nitrogens is 2. The number of rotatable bonds is 5. The maximum atomic E-state index is 5.13. The van der Waals surface area contributed by atoms with Crippen LogP contribution >= 0.6 is 0 Å². The van der Waals surface area contributed by atoms with Gasteiger partial charge in [-0.2, -0.15) is 0 Å². The molecule has 0 aliphatic heterocycles. The van der Waals surface area contributed by atoms with Gasteiger partial charge < -0.3 is 10.1 Å². The molecule has 4 nitrogen and oxygen atoms in total. The number of methoxy groups -OCH3 is 1. The smallest absolute Gasteiger partial charge is 0.223 e. The zero-order chi connectivity index (χ0) is 13.7. The highest BCUT2D eigenvalue weighted by Crippen LogP contribution is 2.14. The standard InChI is InChI=1S/C15H19N3O/c1-11(2)14-8-9-16-15(18-14)17-10-12-4-6-13(19-3)7-5-12/h4-9,11H,10H2,1-3H3,(H,16,17,18). The molecule has 0 aliphatic carbocycles. The molecule has 1 heterocycles. The van der Waals surface area contributed by atoms with Gasteiger partial charge in [-0.05, 0) is 29.7 Å². The van der Waals surface area contributed by atoms with Crippen molar-refractivity contribution >= 4 is 5.95 Å². The SMILES string of the molecule is COc1ccc(CNc2nccc(C(C)C)n2)cc1. The summed E-state index contributed by atoms with van der Waals surface area (Å²) < 4.78 is 5.13. The molecule has 0 spiro atoms. The Balaban J connectivity index is 1.99. The highest BCUT2D eigenvalue weighted by Gasteiger charge is 2.03. The van der Waals surface area contributed by atoms with E-state index in [2.05, 4.69) is 29.1 Å². The van der Waals surface area contributed by atoms with Crippen molar-refractivity contribution in [1.29, 1.82) is 0 Å². The van der Waals surface area contributed by atoms with Crippen LogP contribution in [0.2, 0.25) is 0 Å². The molecule has 0 bridgehead atoms. The summed E-state index contributed by atoms with van der Waals surface area (Å²) in [7, 11) is 1.67. The second kappa shape index (κ2) is 6.18. The Hall–Kier alpha value is -2.10. The molecule has 0 saturated heterocycles. The fourth-order valence-corrected chi connectivity index (χ4v) is 1.70. The summed E-state index contributed by atoms with van der Waals surface area (Å²) in [5.41, 5.74) is 2.21. The Morgan fingerprint density at radius 1 is 1.16 bits per heavy atom. The second-order valence-electron chi connectivity index (χ2n) is 4.66. The molecule has 1 aromatic heterocycles. The van der Waals surface area contributed by atoms with Crippen LogP contribution in [0.15, 0.2) is 36.5 Å². The summed E-state index contributed by atoms with van der Waals surface area (Å²) in [6, 6.07) is 9.89. The van der Waals surface area contributed by atoms with Crippen molar-refractivity contribution in [3.63, 3.8) is 0 Å². The van der Waals surface area contributed by atoms with Crippen molar-refractivity contribution in [1.82, 2.24) is 9.97 Å². The highest BCUT2D eigenvalue weighted by molar-refractivity contribution is 5.32. The Morgan fingerprint density at radius 3 is 2.53 bits per heavy atom. The molecule has 0 saturated carbocycles. The number of benzene rings is 1. The van der Waals surface area contributed by atoms with Gasteiger partial charge >= 0.3 is 0 Å². The summed E-state index contributed by atoms with van der Waals surface area (Å²) in [5.74, 6) is 1.94. The van der Waals surface area contributed by atoms with Crippen molar-refractivity contribution in [3.05, 3.63) is 47.8 Å². The van der Waals surface area contributed by atoms with Crippen molar-refractivity contribution in [2.24, 2.45) is 0 Å². The lowest BCUT2D eigenvalue weighted by atomic mass is 10.1. The van der Waals surface area contributed by atoms with E-state index >= 15 is 0 Å². The third kappa shape index (κ3) is 3.68. The number of anilines is 1. The molecule has 19 heavy (non-hydrogen) atoms. The van der Waals surface area contributed by atoms with Crippen molar-refractivity contribution < 1.29 is 4.74 Å². The summed E-state index contributed by atoms with van der Waals surface area (Å²) >= 11 is 0. The zero-order valence-corrected chi connectivity index (χ0v) is 11.6. The zero-order valence-electron chi connectivity index (χ0n) is 11.6. The van der Waals surface area contributed by atoms with Gasteiger partial charge in [-0.3, -0.25) is 0 Å². The first kappa shape index (κ1) is 13.3. The molecular formula is C15H19N3O. The van der Waals surface area contributed by atoms with Gasteiger partial charge in [0.05, 0.1) is 7.11 Å². The predicted molar refractivity (Wildman–Crippen MR) is 76.4 cm³/mol. The first-order valence-electron chi connectivity index (χ1n) is 6.39. The largest absolute Gasteiger partial charge is 0.497 e. The topological polar surface area (TPSA) is 47.0 Å². The minimum absolute atomic E-state index is 0.407. The lowest BCUT2D eigenvalue weighted by molar-refractivity contribution is 0.414. The molecule has 1 aromatic carbocycles. The van der Waals surface area contributed by atoms with Crippen molar-refractivity contribution in [2.75, 3.05) is 12.4 Å². The van der Waals surface area contributed by atoms with Crippen LogP contribution in [0.4, 0.5) is 5.95 Å². The van der Waals surface area contributed by atoms with Gasteiger partial charge in [-0.25, -0.2) is 9.97 Å². The molecule has 0 radical (unpaired) electrons. The minimum Gasteiger partial charge on any atom is -0.497 e. The first-order chi connectivity index (χ1) is 9.19. The molecule has 0 atom stereocenters. The number of hydrogen-bond donors (Lipinski definition) is 1. The quantitative estimate of drug-likeness (QED) is 0.893. The number of ether oxygens (including phenoxy) is 1. The Morgan fingerprint density at radius 2 is 1.89 bits per heavy atom.